The molecule has 28 heavy (non-hydrogen) atoms. The molecular weight excluding hydrogens is 372 g/mol. The summed E-state index contributed by atoms with van der Waals surface area (Å²) in [6.07, 6.45) is 7.74. The fourth-order valence-corrected chi connectivity index (χ4v) is 4.71. The second-order valence-corrected chi connectivity index (χ2v) is 8.31. The number of imidazole rings is 1. The molecule has 0 fully saturated rings. The van der Waals surface area contributed by atoms with Crippen LogP contribution in [0, 0.1) is 0 Å². The van der Waals surface area contributed by atoms with Gasteiger partial charge in [0.15, 0.2) is 0 Å². The Morgan fingerprint density at radius 2 is 1.89 bits per heavy atom. The first-order valence-corrected chi connectivity index (χ1v) is 10.6. The van der Waals surface area contributed by atoms with Crippen molar-refractivity contribution in [3.8, 4) is 0 Å². The lowest BCUT2D eigenvalue weighted by molar-refractivity contribution is -0.121. The van der Waals surface area contributed by atoms with Crippen molar-refractivity contribution in [2.75, 3.05) is 0 Å². The van der Waals surface area contributed by atoms with E-state index in [1.54, 1.807) is 11.3 Å². The Bertz CT molecular complexity index is 933. The molecule has 0 aliphatic heterocycles. The molecule has 1 aliphatic carbocycles. The fourth-order valence-electron chi connectivity index (χ4n) is 3.56. The summed E-state index contributed by atoms with van der Waals surface area (Å²) in [4.78, 5) is 34.1. The number of nitrogens with zero attached hydrogens (tertiary/aromatic N) is 1. The van der Waals surface area contributed by atoms with E-state index in [1.165, 1.54) is 36.1 Å². The number of aromatic amines is 1. The average Bonchev–Trinajstić information content (AvgIpc) is 3.28. The standard InChI is InChI=1S/C21H24N4O2S/c26-20(12-11-19-22-15-8-5-6-9-16(15)23-19)24-25-21(27)18-13-14-7-3-1-2-4-10-17(14)28-18/h5-6,8-9,13H,1-4,7,10-12H2,(H,22,23)(H,24,26)(H,25,27). The van der Waals surface area contributed by atoms with Crippen molar-refractivity contribution in [1.29, 1.82) is 0 Å². The zero-order chi connectivity index (χ0) is 19.3. The van der Waals surface area contributed by atoms with Gasteiger partial charge in [0.05, 0.1) is 15.9 Å². The number of para-hydroxylation sites is 2. The molecule has 4 rings (SSSR count). The van der Waals surface area contributed by atoms with Crippen molar-refractivity contribution >= 4 is 34.2 Å². The molecule has 0 radical (unpaired) electrons. The monoisotopic (exact) mass is 396 g/mol. The van der Waals surface area contributed by atoms with Crippen LogP contribution >= 0.6 is 11.3 Å². The van der Waals surface area contributed by atoms with Crippen molar-refractivity contribution in [1.82, 2.24) is 20.8 Å². The van der Waals surface area contributed by atoms with Gasteiger partial charge >= 0.3 is 0 Å². The van der Waals surface area contributed by atoms with E-state index in [0.717, 1.165) is 29.7 Å². The molecule has 0 saturated carbocycles. The van der Waals surface area contributed by atoms with Crippen LogP contribution in [0.3, 0.4) is 0 Å². The highest BCUT2D eigenvalue weighted by Crippen LogP contribution is 2.28. The van der Waals surface area contributed by atoms with Crippen molar-refractivity contribution in [2.45, 2.75) is 51.4 Å². The van der Waals surface area contributed by atoms with E-state index >= 15 is 0 Å². The molecule has 0 spiro atoms. The van der Waals surface area contributed by atoms with Crippen LogP contribution < -0.4 is 10.9 Å². The SMILES string of the molecule is O=C(CCc1nc2ccccc2[nH]1)NNC(=O)c1cc2c(s1)CCCCCC2. The van der Waals surface area contributed by atoms with Gasteiger partial charge in [-0.05, 0) is 49.4 Å². The summed E-state index contributed by atoms with van der Waals surface area (Å²) in [6, 6.07) is 9.75. The van der Waals surface area contributed by atoms with Gasteiger partial charge in [0.2, 0.25) is 5.91 Å². The number of hydrazine groups is 1. The summed E-state index contributed by atoms with van der Waals surface area (Å²) in [5, 5.41) is 0. The van der Waals surface area contributed by atoms with Gasteiger partial charge in [0.1, 0.15) is 5.82 Å². The van der Waals surface area contributed by atoms with E-state index in [1.807, 2.05) is 30.3 Å². The number of thiophene rings is 1. The van der Waals surface area contributed by atoms with Crippen molar-refractivity contribution in [3.63, 3.8) is 0 Å². The maximum atomic E-state index is 12.4. The molecule has 3 N–H and O–H groups in total. The Kier molecular flexibility index (Phi) is 5.71. The smallest absolute Gasteiger partial charge is 0.279 e. The number of aryl methyl sites for hydroxylation is 3. The molecule has 0 unspecified atom stereocenters. The molecule has 1 aromatic carbocycles. The third-order valence-corrected chi connectivity index (χ3v) is 6.30. The van der Waals surface area contributed by atoms with E-state index in [4.69, 9.17) is 0 Å². The summed E-state index contributed by atoms with van der Waals surface area (Å²) in [7, 11) is 0. The van der Waals surface area contributed by atoms with Gasteiger partial charge in [-0.3, -0.25) is 20.4 Å². The summed E-state index contributed by atoms with van der Waals surface area (Å²) >= 11 is 1.55. The van der Waals surface area contributed by atoms with Crippen LogP contribution in [0.25, 0.3) is 11.0 Å². The predicted molar refractivity (Wildman–Crippen MR) is 110 cm³/mol. The van der Waals surface area contributed by atoms with Gasteiger partial charge in [-0.2, -0.15) is 0 Å². The van der Waals surface area contributed by atoms with Crippen LogP contribution in [-0.2, 0) is 24.1 Å². The molecule has 7 heteroatoms. The number of aromatic nitrogens is 2. The van der Waals surface area contributed by atoms with E-state index < -0.39 is 0 Å². The molecule has 3 aromatic rings. The first kappa shape index (κ1) is 18.7. The maximum absolute atomic E-state index is 12.4. The number of amides is 2. The number of carbonyl (C=O) groups excluding carboxylic acids is 2. The average molecular weight is 397 g/mol. The minimum atomic E-state index is -0.242. The Hall–Kier alpha value is -2.67. The second-order valence-electron chi connectivity index (χ2n) is 7.18. The molecule has 2 heterocycles. The Morgan fingerprint density at radius 1 is 1.07 bits per heavy atom. The Labute approximate surface area is 167 Å². The molecule has 146 valence electrons. The topological polar surface area (TPSA) is 86.9 Å². The maximum Gasteiger partial charge on any atom is 0.279 e. The first-order chi connectivity index (χ1) is 13.7. The van der Waals surface area contributed by atoms with E-state index in [0.29, 0.717) is 11.3 Å². The van der Waals surface area contributed by atoms with E-state index in [2.05, 4.69) is 20.8 Å². The van der Waals surface area contributed by atoms with Crippen LogP contribution in [0.5, 0.6) is 0 Å². The zero-order valence-corrected chi connectivity index (χ0v) is 16.5. The highest BCUT2D eigenvalue weighted by Gasteiger charge is 2.16. The highest BCUT2D eigenvalue weighted by molar-refractivity contribution is 7.14. The van der Waals surface area contributed by atoms with Crippen molar-refractivity contribution < 1.29 is 9.59 Å². The summed E-state index contributed by atoms with van der Waals surface area (Å²) < 4.78 is 0. The number of benzene rings is 1. The van der Waals surface area contributed by atoms with Crippen LogP contribution in [-0.4, -0.2) is 21.8 Å². The molecule has 1 aliphatic rings. The first-order valence-electron chi connectivity index (χ1n) is 9.83. The number of hydrogen-bond acceptors (Lipinski definition) is 4. The molecule has 6 nitrogen and oxygen atoms in total. The Balaban J connectivity index is 1.28. The van der Waals surface area contributed by atoms with Crippen molar-refractivity contribution in [2.24, 2.45) is 0 Å². The van der Waals surface area contributed by atoms with Crippen LogP contribution in [0.4, 0.5) is 0 Å². The van der Waals surface area contributed by atoms with E-state index in [-0.39, 0.29) is 18.2 Å². The summed E-state index contributed by atoms with van der Waals surface area (Å²) in [5.41, 5.74) is 8.20. The molecule has 2 aromatic heterocycles. The van der Waals surface area contributed by atoms with Gasteiger partial charge in [-0.15, -0.1) is 11.3 Å². The zero-order valence-electron chi connectivity index (χ0n) is 15.7. The lowest BCUT2D eigenvalue weighted by Gasteiger charge is -2.07. The van der Waals surface area contributed by atoms with Gasteiger partial charge in [-0.1, -0.05) is 25.0 Å². The number of carbonyl (C=O) groups is 2. The minimum absolute atomic E-state index is 0.233. The summed E-state index contributed by atoms with van der Waals surface area (Å²) in [6.45, 7) is 0. The normalized spacial score (nSPS) is 14.1. The molecule has 0 atom stereocenters. The molecular formula is C21H24N4O2S. The fraction of sp³-hybridized carbons (Fsp3) is 0.381. The number of rotatable bonds is 4. The third-order valence-electron chi connectivity index (χ3n) is 5.06. The lowest BCUT2D eigenvalue weighted by Crippen LogP contribution is -2.41. The highest BCUT2D eigenvalue weighted by atomic mass is 32.1. The molecule has 0 saturated heterocycles. The number of H-pyrrole nitrogens is 1. The van der Waals surface area contributed by atoms with Crippen LogP contribution in [0.1, 0.15) is 58.0 Å². The lowest BCUT2D eigenvalue weighted by atomic mass is 10.00. The second kappa shape index (κ2) is 8.56. The summed E-state index contributed by atoms with van der Waals surface area (Å²) in [5.74, 6) is 0.290. The number of nitrogens with one attached hydrogen (secondary N) is 3. The number of fused-ring (bicyclic) bond motifs is 2. The van der Waals surface area contributed by atoms with Crippen LogP contribution in [0.15, 0.2) is 30.3 Å². The Morgan fingerprint density at radius 3 is 2.75 bits per heavy atom. The van der Waals surface area contributed by atoms with Gasteiger partial charge < -0.3 is 4.98 Å². The quantitative estimate of drug-likeness (QED) is 0.588. The number of hydrogen-bond donors (Lipinski definition) is 3. The third kappa shape index (κ3) is 4.42. The van der Waals surface area contributed by atoms with Gasteiger partial charge in [0.25, 0.3) is 5.91 Å². The predicted octanol–water partition coefficient (Wildman–Crippen LogP) is 3.68. The van der Waals surface area contributed by atoms with Gasteiger partial charge in [-0.25, -0.2) is 4.98 Å². The molecule has 2 amide bonds. The van der Waals surface area contributed by atoms with E-state index in [9.17, 15) is 9.59 Å². The van der Waals surface area contributed by atoms with Gasteiger partial charge in [0, 0.05) is 17.7 Å². The minimum Gasteiger partial charge on any atom is -0.342 e. The van der Waals surface area contributed by atoms with Crippen LogP contribution in [0.2, 0.25) is 0 Å². The largest absolute Gasteiger partial charge is 0.342 e. The molecule has 0 bridgehead atoms. The van der Waals surface area contributed by atoms with Crippen molar-refractivity contribution in [3.05, 3.63) is 51.5 Å².